The summed E-state index contributed by atoms with van der Waals surface area (Å²) in [7, 11) is 0. The number of esters is 2. The van der Waals surface area contributed by atoms with E-state index in [9.17, 15) is 20.1 Å². The molecule has 1 aliphatic rings. The van der Waals surface area contributed by atoms with Crippen molar-refractivity contribution in [2.24, 2.45) is 4.99 Å². The van der Waals surface area contributed by atoms with Crippen LogP contribution in [0.3, 0.4) is 0 Å². The van der Waals surface area contributed by atoms with Crippen molar-refractivity contribution in [2.45, 2.75) is 34.6 Å². The van der Waals surface area contributed by atoms with Crippen LogP contribution in [0, 0.1) is 66.9 Å². The molecule has 0 radical (unpaired) electrons. The molecular formula is C54H41BN4O4. The molecule has 2 heterocycles. The maximum atomic E-state index is 11.3. The molecule has 1 aromatic heterocycles. The van der Waals surface area contributed by atoms with Crippen molar-refractivity contribution in [3.63, 3.8) is 0 Å². The fourth-order valence-electron chi connectivity index (χ4n) is 7.77. The van der Waals surface area contributed by atoms with Crippen LogP contribution in [0.5, 0.6) is 0 Å². The Kier molecular flexibility index (Phi) is 13.1. The quantitative estimate of drug-likeness (QED) is 0.0815. The summed E-state index contributed by atoms with van der Waals surface area (Å²) in [6, 6.07) is 41.8. The lowest BCUT2D eigenvalue weighted by Crippen LogP contribution is -2.25. The minimum atomic E-state index is -1.24. The van der Waals surface area contributed by atoms with Crippen LogP contribution in [-0.2, 0) is 19.1 Å². The highest BCUT2D eigenvalue weighted by atomic mass is 16.5. The maximum absolute atomic E-state index is 11.3. The highest BCUT2D eigenvalue weighted by molar-refractivity contribution is 6.73. The van der Waals surface area contributed by atoms with E-state index in [4.69, 9.17) is 14.5 Å². The van der Waals surface area contributed by atoms with Gasteiger partial charge in [0.15, 0.2) is 13.2 Å². The average molecular weight is 821 g/mol. The highest BCUT2D eigenvalue weighted by Crippen LogP contribution is 2.46. The molecule has 1 aliphatic heterocycles. The molecule has 5 aromatic carbocycles. The first kappa shape index (κ1) is 42.7. The van der Waals surface area contributed by atoms with Gasteiger partial charge in [-0.25, -0.2) is 15.5 Å². The number of aromatic nitrogens is 1. The smallest absolute Gasteiger partial charge is 0.453 e. The lowest BCUT2D eigenvalue weighted by molar-refractivity contribution is -0.140. The minimum absolute atomic E-state index is 0.00757. The Morgan fingerprint density at radius 2 is 1.16 bits per heavy atom. The third-order valence-electron chi connectivity index (χ3n) is 10.4. The number of benzene rings is 5. The zero-order chi connectivity index (χ0) is 44.5. The van der Waals surface area contributed by atoms with E-state index in [1.807, 2.05) is 102 Å². The van der Waals surface area contributed by atoms with Crippen molar-refractivity contribution < 1.29 is 19.1 Å². The Bertz CT molecular complexity index is 3010. The molecule has 0 bridgehead atoms. The summed E-state index contributed by atoms with van der Waals surface area (Å²) < 4.78 is 11.8. The van der Waals surface area contributed by atoms with Gasteiger partial charge in [-0.3, -0.25) is 9.59 Å². The largest absolute Gasteiger partial charge is 0.496 e. The van der Waals surface area contributed by atoms with Crippen LogP contribution >= 0.6 is 0 Å². The molecule has 6 aromatic rings. The molecule has 0 spiro atoms. The minimum Gasteiger partial charge on any atom is -0.453 e. The molecule has 0 unspecified atom stereocenters. The van der Waals surface area contributed by atoms with E-state index in [2.05, 4.69) is 92.8 Å². The van der Waals surface area contributed by atoms with Crippen LogP contribution in [0.2, 0.25) is 0 Å². The van der Waals surface area contributed by atoms with Crippen LogP contribution in [0.15, 0.2) is 144 Å². The van der Waals surface area contributed by atoms with E-state index in [1.165, 1.54) is 13.8 Å². The number of nitriles is 2. The second kappa shape index (κ2) is 19.3. The number of allylic oxidation sites excluding steroid dienone is 2. The first-order valence-electron chi connectivity index (χ1n) is 20.3. The van der Waals surface area contributed by atoms with Gasteiger partial charge in [0.25, 0.3) is 0 Å². The lowest BCUT2D eigenvalue weighted by atomic mass is 9.65. The van der Waals surface area contributed by atoms with Gasteiger partial charge in [0, 0.05) is 58.6 Å². The summed E-state index contributed by atoms with van der Waals surface area (Å²) in [4.78, 5) is 28.0. The summed E-state index contributed by atoms with van der Waals surface area (Å²) >= 11 is 0. The fraction of sp³-hybridized carbons (Fsp3) is 0.130. The molecule has 0 saturated heterocycles. The van der Waals surface area contributed by atoms with Crippen molar-refractivity contribution in [2.75, 3.05) is 13.2 Å². The highest BCUT2D eigenvalue weighted by Gasteiger charge is 2.34. The predicted octanol–water partition coefficient (Wildman–Crippen LogP) is 9.89. The summed E-state index contributed by atoms with van der Waals surface area (Å²) in [6.45, 7) is 7.70. The second-order valence-electron chi connectivity index (χ2n) is 14.9. The Morgan fingerprint density at radius 3 is 1.67 bits per heavy atom. The Hall–Kier alpha value is -8.37. The number of hydrogen-bond donors (Lipinski definition) is 0. The normalized spacial score (nSPS) is 12.2. The van der Waals surface area contributed by atoms with Crippen LogP contribution < -0.4 is 0 Å². The lowest BCUT2D eigenvalue weighted by Gasteiger charge is -2.23. The van der Waals surface area contributed by atoms with E-state index in [-0.39, 0.29) is 19.2 Å². The Labute approximate surface area is 368 Å². The number of rotatable bonds is 9. The summed E-state index contributed by atoms with van der Waals surface area (Å²) in [5.41, 5.74) is 14.2. The van der Waals surface area contributed by atoms with E-state index in [0.29, 0.717) is 22.6 Å². The first-order valence-corrected chi connectivity index (χ1v) is 20.3. The molecule has 9 heteroatoms. The molecule has 8 nitrogen and oxygen atoms in total. The molecule has 0 atom stereocenters. The van der Waals surface area contributed by atoms with Gasteiger partial charge in [-0.1, -0.05) is 126 Å². The molecule has 0 aliphatic carbocycles. The van der Waals surface area contributed by atoms with Crippen LogP contribution in [0.1, 0.15) is 64.0 Å². The van der Waals surface area contributed by atoms with Gasteiger partial charge in [-0.2, -0.15) is 0 Å². The van der Waals surface area contributed by atoms with Crippen molar-refractivity contribution in [3.05, 3.63) is 189 Å². The average Bonchev–Trinajstić information content (AvgIpc) is 3.90. The number of aryl methyl sites for hydroxylation is 3. The van der Waals surface area contributed by atoms with Gasteiger partial charge in [0.2, 0.25) is 0 Å². The van der Waals surface area contributed by atoms with Gasteiger partial charge in [0.05, 0.1) is 23.3 Å². The van der Waals surface area contributed by atoms with E-state index in [1.54, 1.807) is 0 Å². The van der Waals surface area contributed by atoms with Crippen molar-refractivity contribution >= 4 is 35.6 Å². The van der Waals surface area contributed by atoms with E-state index < -0.39 is 12.8 Å². The van der Waals surface area contributed by atoms with Gasteiger partial charge >= 0.3 is 18.8 Å². The number of hydrogen-bond acceptors (Lipinski definition) is 7. The second-order valence-corrected chi connectivity index (χ2v) is 14.9. The fourth-order valence-corrected chi connectivity index (χ4v) is 7.77. The Morgan fingerprint density at radius 1 is 0.651 bits per heavy atom. The summed E-state index contributed by atoms with van der Waals surface area (Å²) in [5.74, 6) is 15.7. The van der Waals surface area contributed by atoms with Crippen molar-refractivity contribution in [1.82, 2.24) is 4.48 Å². The van der Waals surface area contributed by atoms with Crippen molar-refractivity contribution in [1.29, 1.82) is 10.5 Å². The summed E-state index contributed by atoms with van der Waals surface area (Å²) in [5, 5.41) is 21.6. The molecule has 0 fully saturated rings. The topological polar surface area (TPSA) is 117 Å². The predicted molar refractivity (Wildman–Crippen MR) is 249 cm³/mol. The van der Waals surface area contributed by atoms with Gasteiger partial charge in [-0.05, 0) is 90.6 Å². The Balaban J connectivity index is 1.55. The zero-order valence-corrected chi connectivity index (χ0v) is 35.6. The number of aliphatic imine (C=N–C) groups is 1. The third-order valence-corrected chi connectivity index (χ3v) is 10.4. The maximum Gasteiger partial charge on any atom is 0.496 e. The number of carbonyl (C=O) groups is 2. The standard InChI is InChI=1S/C54H41BN4O4/c1-36-30-37(2)51(38(3)31-36)52(53-47(43-16-8-6-9-17-43)32-49(58-53)45-24-20-41(21-25-45)14-12-28-62-39(4)60)54-48(44-18-10-7-11-19-44)33-50(59(54)55(34-56)35-57)46-26-22-42(23-27-46)15-13-29-63-40(5)61/h6-11,16-27,30-33H,28-29H2,1-5H3/b53-52-. The third kappa shape index (κ3) is 9.67. The summed E-state index contributed by atoms with van der Waals surface area (Å²) in [6.07, 6.45) is 2.09. The monoisotopic (exact) mass is 820 g/mol. The molecule has 0 N–H and O–H groups in total. The first-order chi connectivity index (χ1) is 30.6. The number of carbonyl (C=O) groups excluding carboxylic acids is 2. The molecule has 0 amide bonds. The van der Waals surface area contributed by atoms with Crippen LogP contribution in [0.25, 0.3) is 33.5 Å². The molecule has 304 valence electrons. The van der Waals surface area contributed by atoms with E-state index >= 15 is 0 Å². The van der Waals surface area contributed by atoms with Crippen molar-refractivity contribution in [3.8, 4) is 58.0 Å². The SMILES string of the molecule is CC(=O)OCC#Cc1ccc(C2=N/C(=C(/c3c(C)cc(C)cc3C)c3c(-c4ccccc4)cc(-c4ccc(C#CCOC(C)=O)cc4)n3B(C#N)C#N)C(c3ccccc3)=C2)cc1. The zero-order valence-electron chi connectivity index (χ0n) is 35.6. The van der Waals surface area contributed by atoms with Gasteiger partial charge < -0.3 is 14.0 Å². The van der Waals surface area contributed by atoms with E-state index in [0.717, 1.165) is 72.5 Å². The molecule has 63 heavy (non-hydrogen) atoms. The molecular weight excluding hydrogens is 779 g/mol. The van der Waals surface area contributed by atoms with Crippen LogP contribution in [0.4, 0.5) is 0 Å². The van der Waals surface area contributed by atoms with Crippen LogP contribution in [-0.4, -0.2) is 42.2 Å². The molecule has 7 rings (SSSR count). The number of nitrogens with zero attached hydrogens (tertiary/aromatic N) is 4. The van der Waals surface area contributed by atoms with Gasteiger partial charge in [0.1, 0.15) is 0 Å². The number of ether oxygens (including phenoxy) is 2. The van der Waals surface area contributed by atoms with Gasteiger partial charge in [-0.15, -0.1) is 0 Å². The molecule has 0 saturated carbocycles.